The molecule has 0 saturated heterocycles. The minimum absolute atomic E-state index is 0.0407. The summed E-state index contributed by atoms with van der Waals surface area (Å²) in [7, 11) is 0. The summed E-state index contributed by atoms with van der Waals surface area (Å²) in [6.45, 7) is 1.38. The molecule has 0 unspecified atom stereocenters. The van der Waals surface area contributed by atoms with Crippen LogP contribution in [0.15, 0.2) is 48.0 Å². The highest BCUT2D eigenvalue weighted by atomic mass is 35.5. The highest BCUT2D eigenvalue weighted by molar-refractivity contribution is 6.30. The summed E-state index contributed by atoms with van der Waals surface area (Å²) >= 11 is 5.78. The van der Waals surface area contributed by atoms with Crippen molar-refractivity contribution in [3.63, 3.8) is 0 Å². The van der Waals surface area contributed by atoms with Crippen LogP contribution < -0.4 is 5.73 Å². The van der Waals surface area contributed by atoms with Crippen molar-refractivity contribution in [2.75, 3.05) is 0 Å². The molecule has 0 saturated carbocycles. The number of aliphatic imine (C=N–C) groups is 1. The molecule has 162 valence electrons. The van der Waals surface area contributed by atoms with Crippen molar-refractivity contribution in [1.82, 2.24) is 19.7 Å². The number of halogens is 5. The van der Waals surface area contributed by atoms with Crippen LogP contribution >= 0.6 is 11.6 Å². The van der Waals surface area contributed by atoms with Crippen LogP contribution in [0.3, 0.4) is 0 Å². The van der Waals surface area contributed by atoms with Gasteiger partial charge in [0.2, 0.25) is 0 Å². The maximum absolute atomic E-state index is 14.7. The maximum atomic E-state index is 14.7. The lowest BCUT2D eigenvalue weighted by Crippen LogP contribution is -2.46. The van der Waals surface area contributed by atoms with Crippen molar-refractivity contribution in [3.05, 3.63) is 59.4 Å². The lowest BCUT2D eigenvalue weighted by Gasteiger charge is -2.36. The molecule has 0 amide bonds. The topological polar surface area (TPSA) is 91.2 Å². The average Bonchev–Trinajstić information content (AvgIpc) is 3.17. The van der Waals surface area contributed by atoms with Gasteiger partial charge in [0.25, 0.3) is 12.0 Å². The van der Waals surface area contributed by atoms with E-state index in [9.17, 15) is 17.6 Å². The van der Waals surface area contributed by atoms with Gasteiger partial charge >= 0.3 is 6.18 Å². The molecule has 0 bridgehead atoms. The van der Waals surface area contributed by atoms with Crippen molar-refractivity contribution in [1.29, 1.82) is 0 Å². The lowest BCUT2D eigenvalue weighted by molar-refractivity contribution is -0.208. The summed E-state index contributed by atoms with van der Waals surface area (Å²) in [4.78, 5) is 12.1. The fraction of sp³-hybridized carbons (Fsp3) is 0.263. The molecule has 0 spiro atoms. The molecule has 1 aromatic carbocycles. The van der Waals surface area contributed by atoms with E-state index in [1.54, 1.807) is 6.20 Å². The van der Waals surface area contributed by atoms with E-state index in [1.807, 2.05) is 0 Å². The van der Waals surface area contributed by atoms with Crippen LogP contribution in [-0.4, -0.2) is 38.1 Å². The summed E-state index contributed by atoms with van der Waals surface area (Å²) in [5, 5.41) is 4.53. The van der Waals surface area contributed by atoms with Crippen molar-refractivity contribution < 1.29 is 22.3 Å². The lowest BCUT2D eigenvalue weighted by atomic mass is 9.84. The van der Waals surface area contributed by atoms with Gasteiger partial charge < -0.3 is 10.5 Å². The smallest absolute Gasteiger partial charge is 0.425 e. The van der Waals surface area contributed by atoms with E-state index >= 15 is 0 Å². The minimum Gasteiger partial charge on any atom is -0.452 e. The Hall–Kier alpha value is -3.21. The van der Waals surface area contributed by atoms with Gasteiger partial charge in [-0.25, -0.2) is 24.0 Å². The quantitative estimate of drug-likeness (QED) is 0.604. The number of hydrogen-bond donors (Lipinski definition) is 1. The predicted octanol–water partition coefficient (Wildman–Crippen LogP) is 4.00. The molecule has 1 aliphatic heterocycles. The number of rotatable bonds is 3. The second-order valence-electron chi connectivity index (χ2n) is 7.15. The van der Waals surface area contributed by atoms with Crippen LogP contribution in [0.2, 0.25) is 5.02 Å². The zero-order valence-corrected chi connectivity index (χ0v) is 16.7. The maximum Gasteiger partial charge on any atom is 0.425 e. The molecular weight excluding hydrogens is 440 g/mol. The molecule has 3 aromatic rings. The second-order valence-corrected chi connectivity index (χ2v) is 7.58. The highest BCUT2D eigenvalue weighted by Gasteiger charge is 2.50. The first-order valence-electron chi connectivity index (χ1n) is 8.97. The van der Waals surface area contributed by atoms with Gasteiger partial charge in [-0.3, -0.25) is 0 Å². The van der Waals surface area contributed by atoms with Crippen molar-refractivity contribution in [2.24, 2.45) is 10.7 Å². The molecule has 0 fully saturated rings. The van der Waals surface area contributed by atoms with E-state index < -0.39 is 36.1 Å². The van der Waals surface area contributed by atoms with Crippen LogP contribution in [0.4, 0.5) is 17.6 Å². The first-order valence-corrected chi connectivity index (χ1v) is 9.35. The Morgan fingerprint density at radius 1 is 1.19 bits per heavy atom. The molecule has 0 radical (unpaired) electrons. The SMILES string of the molecule is C[C@@]1(c2cc(-c3cnn(-c4ncc(Cl)cn4)c3)ccc2F)C[C@@H](C(F)(F)F)OC(N)=N1. The minimum atomic E-state index is -4.67. The fourth-order valence-corrected chi connectivity index (χ4v) is 3.44. The molecule has 3 heterocycles. The van der Waals surface area contributed by atoms with Gasteiger partial charge in [-0.15, -0.1) is 0 Å². The third kappa shape index (κ3) is 4.18. The molecule has 2 N–H and O–H groups in total. The van der Waals surface area contributed by atoms with Crippen LogP contribution in [0.1, 0.15) is 18.9 Å². The van der Waals surface area contributed by atoms with Gasteiger partial charge in [-0.1, -0.05) is 17.7 Å². The molecule has 2 aromatic heterocycles. The number of nitrogens with two attached hydrogens (primary N) is 1. The predicted molar refractivity (Wildman–Crippen MR) is 104 cm³/mol. The van der Waals surface area contributed by atoms with E-state index in [1.165, 1.54) is 42.3 Å². The summed E-state index contributed by atoms with van der Waals surface area (Å²) in [6, 6.07) is 3.43. The standard InChI is InChI=1S/C19H15ClF4N6O/c1-18(5-15(19(22,23)24)31-16(25)29-18)13-4-10(2-3-14(13)21)11-6-28-30(9-11)17-26-7-12(20)8-27-17/h2-4,6-9,15H,5H2,1H3,(H2,25,29)/t15-,18-/m0/s1. The molecule has 1 aliphatic rings. The van der Waals surface area contributed by atoms with E-state index in [-0.39, 0.29) is 11.5 Å². The van der Waals surface area contributed by atoms with Crippen LogP contribution in [0.5, 0.6) is 0 Å². The van der Waals surface area contributed by atoms with Gasteiger partial charge in [0, 0.05) is 23.7 Å². The monoisotopic (exact) mass is 454 g/mol. The van der Waals surface area contributed by atoms with Crippen molar-refractivity contribution >= 4 is 17.6 Å². The molecule has 0 aliphatic carbocycles. The Bertz CT molecular complexity index is 1150. The van der Waals surface area contributed by atoms with Gasteiger partial charge in [0.1, 0.15) is 5.82 Å². The summed E-state index contributed by atoms with van der Waals surface area (Å²) in [6.07, 6.45) is -1.56. The van der Waals surface area contributed by atoms with E-state index in [0.29, 0.717) is 16.1 Å². The van der Waals surface area contributed by atoms with Crippen LogP contribution in [0, 0.1) is 5.82 Å². The number of nitrogens with zero attached hydrogens (tertiary/aromatic N) is 5. The van der Waals surface area contributed by atoms with Crippen LogP contribution in [-0.2, 0) is 10.3 Å². The number of alkyl halides is 3. The molecule has 4 rings (SSSR count). The zero-order chi connectivity index (χ0) is 22.4. The van der Waals surface area contributed by atoms with E-state index in [4.69, 9.17) is 17.3 Å². The fourth-order valence-electron chi connectivity index (χ4n) is 3.34. The molecule has 2 atom stereocenters. The molecule has 31 heavy (non-hydrogen) atoms. The van der Waals surface area contributed by atoms with Crippen LogP contribution in [0.25, 0.3) is 17.1 Å². The van der Waals surface area contributed by atoms with Gasteiger partial charge in [0.15, 0.2) is 6.10 Å². The Morgan fingerprint density at radius 2 is 1.90 bits per heavy atom. The van der Waals surface area contributed by atoms with Gasteiger partial charge in [-0.2, -0.15) is 18.3 Å². The Labute approximate surface area is 178 Å². The van der Waals surface area contributed by atoms with E-state index in [0.717, 1.165) is 6.07 Å². The van der Waals surface area contributed by atoms with Crippen molar-refractivity contribution in [3.8, 4) is 17.1 Å². The number of hydrogen-bond acceptors (Lipinski definition) is 6. The van der Waals surface area contributed by atoms with Gasteiger partial charge in [-0.05, 0) is 24.6 Å². The summed E-state index contributed by atoms with van der Waals surface area (Å²) in [5.74, 6) is -0.446. The second kappa shape index (κ2) is 7.49. The Kier molecular flexibility index (Phi) is 5.08. The number of ether oxygens (including phenoxy) is 1. The van der Waals surface area contributed by atoms with Crippen molar-refractivity contribution in [2.45, 2.75) is 31.2 Å². The first-order chi connectivity index (χ1) is 14.5. The highest BCUT2D eigenvalue weighted by Crippen LogP contribution is 2.41. The number of aromatic nitrogens is 4. The zero-order valence-electron chi connectivity index (χ0n) is 15.9. The molecule has 7 nitrogen and oxygen atoms in total. The first kappa shape index (κ1) is 21.0. The van der Waals surface area contributed by atoms with Gasteiger partial charge in [0.05, 0.1) is 29.2 Å². The Morgan fingerprint density at radius 3 is 2.58 bits per heavy atom. The summed E-state index contributed by atoms with van der Waals surface area (Å²) < 4.78 is 60.4. The van der Waals surface area contributed by atoms with E-state index in [2.05, 4.69) is 24.8 Å². The number of benzene rings is 1. The normalized spacial score (nSPS) is 21.5. The average molecular weight is 455 g/mol. The summed E-state index contributed by atoms with van der Waals surface area (Å²) in [5.41, 5.74) is 4.95. The Balaban J connectivity index is 1.71. The largest absolute Gasteiger partial charge is 0.452 e. The number of amidine groups is 1. The third-order valence-electron chi connectivity index (χ3n) is 4.84. The third-order valence-corrected chi connectivity index (χ3v) is 5.04. The molecular formula is C19H15ClF4N6O. The molecule has 12 heteroatoms.